The van der Waals surface area contributed by atoms with Gasteiger partial charge in [-0.1, -0.05) is 47.7 Å². The Bertz CT molecular complexity index is 1180. The van der Waals surface area contributed by atoms with Gasteiger partial charge in [0, 0.05) is 24.2 Å². The highest BCUT2D eigenvalue weighted by Gasteiger charge is 2.34. The molecule has 3 heterocycles. The molecular formula is C22H20N6O2. The van der Waals surface area contributed by atoms with E-state index in [0.29, 0.717) is 30.2 Å². The Hall–Kier alpha value is -3.94. The van der Waals surface area contributed by atoms with E-state index in [4.69, 9.17) is 4.74 Å². The Balaban J connectivity index is 1.26. The van der Waals surface area contributed by atoms with Crippen molar-refractivity contribution in [2.75, 3.05) is 20.2 Å². The smallest absolute Gasteiger partial charge is 0.272 e. The maximum atomic E-state index is 12.8. The molecule has 150 valence electrons. The quantitative estimate of drug-likeness (QED) is 0.556. The molecule has 2 aromatic heterocycles. The van der Waals surface area contributed by atoms with Gasteiger partial charge < -0.3 is 9.64 Å². The minimum atomic E-state index is -0.0803. The van der Waals surface area contributed by atoms with E-state index in [-0.39, 0.29) is 11.9 Å². The third-order valence-corrected chi connectivity index (χ3v) is 5.29. The number of aromatic nitrogens is 5. The van der Waals surface area contributed by atoms with Gasteiger partial charge in [0.05, 0.1) is 25.0 Å². The summed E-state index contributed by atoms with van der Waals surface area (Å²) in [5.74, 6) is 0.635. The molecule has 0 aliphatic carbocycles. The van der Waals surface area contributed by atoms with Crippen molar-refractivity contribution in [3.63, 3.8) is 0 Å². The van der Waals surface area contributed by atoms with Crippen molar-refractivity contribution in [2.24, 2.45) is 0 Å². The second kappa shape index (κ2) is 7.47. The molecule has 0 bridgehead atoms. The number of nitrogens with one attached hydrogen (secondary N) is 1. The van der Waals surface area contributed by atoms with Gasteiger partial charge in [-0.2, -0.15) is 5.10 Å². The first-order valence-corrected chi connectivity index (χ1v) is 9.68. The molecule has 0 unspecified atom stereocenters. The SMILES string of the molecule is COc1ccccc1-c1cc(C(=O)N2CC(n3cc(-c4ccccc4)nn3)C2)[nH]n1. The molecule has 1 aliphatic rings. The number of hydrogen-bond acceptors (Lipinski definition) is 5. The van der Waals surface area contributed by atoms with Gasteiger partial charge in [0.15, 0.2) is 0 Å². The first-order valence-electron chi connectivity index (χ1n) is 9.68. The maximum Gasteiger partial charge on any atom is 0.272 e. The summed E-state index contributed by atoms with van der Waals surface area (Å²) in [6.45, 7) is 1.17. The van der Waals surface area contributed by atoms with E-state index in [1.54, 1.807) is 18.1 Å². The molecule has 0 saturated carbocycles. The normalized spacial score (nSPS) is 13.8. The van der Waals surface area contributed by atoms with Crippen molar-refractivity contribution in [3.05, 3.63) is 72.6 Å². The van der Waals surface area contributed by atoms with Crippen molar-refractivity contribution < 1.29 is 9.53 Å². The maximum absolute atomic E-state index is 12.8. The molecule has 8 heteroatoms. The van der Waals surface area contributed by atoms with Gasteiger partial charge in [-0.3, -0.25) is 9.89 Å². The van der Waals surface area contributed by atoms with Gasteiger partial charge in [0.2, 0.25) is 0 Å². The molecule has 0 spiro atoms. The van der Waals surface area contributed by atoms with Gasteiger partial charge in [-0.15, -0.1) is 5.10 Å². The third kappa shape index (κ3) is 3.22. The lowest BCUT2D eigenvalue weighted by Crippen LogP contribution is -2.51. The number of rotatable bonds is 5. The number of hydrogen-bond donors (Lipinski definition) is 1. The number of likely N-dealkylation sites (tertiary alicyclic amines) is 1. The molecule has 1 aliphatic heterocycles. The number of amides is 1. The molecule has 30 heavy (non-hydrogen) atoms. The van der Waals surface area contributed by atoms with Crippen LogP contribution in [0.2, 0.25) is 0 Å². The van der Waals surface area contributed by atoms with Crippen LogP contribution in [0.4, 0.5) is 0 Å². The second-order valence-corrected chi connectivity index (χ2v) is 7.18. The zero-order valence-electron chi connectivity index (χ0n) is 16.4. The van der Waals surface area contributed by atoms with Crippen molar-refractivity contribution >= 4 is 5.91 Å². The number of carbonyl (C=O) groups excluding carboxylic acids is 1. The van der Waals surface area contributed by atoms with Gasteiger partial charge in [-0.05, 0) is 18.2 Å². The predicted octanol–water partition coefficient (Wildman–Crippen LogP) is 3.04. The highest BCUT2D eigenvalue weighted by Crippen LogP contribution is 2.29. The van der Waals surface area contributed by atoms with Crippen molar-refractivity contribution in [2.45, 2.75) is 6.04 Å². The molecule has 8 nitrogen and oxygen atoms in total. The molecular weight excluding hydrogens is 380 g/mol. The number of nitrogens with zero attached hydrogens (tertiary/aromatic N) is 5. The van der Waals surface area contributed by atoms with Crippen LogP contribution in [-0.2, 0) is 0 Å². The summed E-state index contributed by atoms with van der Waals surface area (Å²) in [4.78, 5) is 14.6. The van der Waals surface area contributed by atoms with Crippen LogP contribution in [0, 0.1) is 0 Å². The number of methoxy groups -OCH3 is 1. The predicted molar refractivity (Wildman–Crippen MR) is 111 cm³/mol. The minimum Gasteiger partial charge on any atom is -0.496 e. The standard InChI is InChI=1S/C22H20N6O2/c1-30-21-10-6-5-9-17(21)18-11-19(24-23-18)22(29)27-12-16(13-27)28-14-20(25-26-28)15-7-3-2-4-8-15/h2-11,14,16H,12-13H2,1H3,(H,23,24). The summed E-state index contributed by atoms with van der Waals surface area (Å²) in [7, 11) is 1.62. The summed E-state index contributed by atoms with van der Waals surface area (Å²) in [5.41, 5.74) is 3.83. The molecule has 2 aromatic carbocycles. The molecule has 1 amide bonds. The fourth-order valence-electron chi connectivity index (χ4n) is 3.58. The fraction of sp³-hybridized carbons (Fsp3) is 0.182. The Morgan fingerprint density at radius 3 is 2.63 bits per heavy atom. The van der Waals surface area contributed by atoms with Crippen LogP contribution >= 0.6 is 0 Å². The van der Waals surface area contributed by atoms with E-state index in [2.05, 4.69) is 20.5 Å². The number of H-pyrrole nitrogens is 1. The Morgan fingerprint density at radius 2 is 1.83 bits per heavy atom. The number of benzene rings is 2. The van der Waals surface area contributed by atoms with Crippen LogP contribution in [0.1, 0.15) is 16.5 Å². The molecule has 5 rings (SSSR count). The monoisotopic (exact) mass is 400 g/mol. The average Bonchev–Trinajstić information content (AvgIpc) is 3.43. The Labute approximate surface area is 173 Å². The molecule has 0 radical (unpaired) electrons. The second-order valence-electron chi connectivity index (χ2n) is 7.18. The Kier molecular flexibility index (Phi) is 4.51. The number of para-hydroxylation sites is 1. The van der Waals surface area contributed by atoms with Crippen LogP contribution in [0.15, 0.2) is 66.9 Å². The lowest BCUT2D eigenvalue weighted by atomic mass is 10.1. The topological polar surface area (TPSA) is 88.9 Å². The summed E-state index contributed by atoms with van der Waals surface area (Å²) in [5, 5.41) is 15.6. The van der Waals surface area contributed by atoms with E-state index in [1.807, 2.05) is 65.5 Å². The van der Waals surface area contributed by atoms with Crippen LogP contribution < -0.4 is 4.74 Å². The van der Waals surface area contributed by atoms with Crippen molar-refractivity contribution in [3.8, 4) is 28.3 Å². The number of carbonyl (C=O) groups is 1. The van der Waals surface area contributed by atoms with Crippen LogP contribution in [0.25, 0.3) is 22.5 Å². The Morgan fingerprint density at radius 1 is 1.07 bits per heavy atom. The number of ether oxygens (including phenoxy) is 1. The van der Waals surface area contributed by atoms with Crippen molar-refractivity contribution in [1.29, 1.82) is 0 Å². The molecule has 1 N–H and O–H groups in total. The molecule has 4 aromatic rings. The van der Waals surface area contributed by atoms with Crippen LogP contribution in [0.5, 0.6) is 5.75 Å². The van der Waals surface area contributed by atoms with E-state index >= 15 is 0 Å². The third-order valence-electron chi connectivity index (χ3n) is 5.29. The highest BCUT2D eigenvalue weighted by atomic mass is 16.5. The summed E-state index contributed by atoms with van der Waals surface area (Å²) in [6.07, 6.45) is 1.93. The fourth-order valence-corrected chi connectivity index (χ4v) is 3.58. The van der Waals surface area contributed by atoms with Gasteiger partial charge >= 0.3 is 0 Å². The van der Waals surface area contributed by atoms with Gasteiger partial charge in [-0.25, -0.2) is 4.68 Å². The van der Waals surface area contributed by atoms with E-state index in [0.717, 1.165) is 16.8 Å². The molecule has 1 fully saturated rings. The summed E-state index contributed by atoms with van der Waals surface area (Å²) < 4.78 is 7.21. The highest BCUT2D eigenvalue weighted by molar-refractivity contribution is 5.94. The average molecular weight is 400 g/mol. The van der Waals surface area contributed by atoms with Crippen molar-refractivity contribution in [1.82, 2.24) is 30.1 Å². The first-order chi connectivity index (χ1) is 14.7. The number of aromatic amines is 1. The zero-order valence-corrected chi connectivity index (χ0v) is 16.4. The van der Waals surface area contributed by atoms with Crippen LogP contribution in [0.3, 0.4) is 0 Å². The summed E-state index contributed by atoms with van der Waals surface area (Å²) in [6, 6.07) is 19.4. The zero-order chi connectivity index (χ0) is 20.5. The molecule has 0 atom stereocenters. The van der Waals surface area contributed by atoms with E-state index in [1.165, 1.54) is 0 Å². The lowest BCUT2D eigenvalue weighted by molar-refractivity contribution is 0.0492. The first kappa shape index (κ1) is 18.1. The van der Waals surface area contributed by atoms with E-state index in [9.17, 15) is 4.79 Å². The minimum absolute atomic E-state index is 0.0803. The summed E-state index contributed by atoms with van der Waals surface area (Å²) >= 11 is 0. The van der Waals surface area contributed by atoms with E-state index < -0.39 is 0 Å². The van der Waals surface area contributed by atoms with Gasteiger partial charge in [0.1, 0.15) is 17.1 Å². The van der Waals surface area contributed by atoms with Gasteiger partial charge in [0.25, 0.3) is 5.91 Å². The lowest BCUT2D eigenvalue weighted by Gasteiger charge is -2.38. The molecule has 1 saturated heterocycles. The largest absolute Gasteiger partial charge is 0.496 e. The van der Waals surface area contributed by atoms with Crippen LogP contribution in [-0.4, -0.2) is 56.2 Å².